The number of hydrogen-bond acceptors (Lipinski definition) is 2. The fourth-order valence-electron chi connectivity index (χ4n) is 3.48. The minimum absolute atomic E-state index is 0.0483. The van der Waals surface area contributed by atoms with Gasteiger partial charge in [-0.1, -0.05) is 62.2 Å². The third-order valence-corrected chi connectivity index (χ3v) is 7.01. The Morgan fingerprint density at radius 2 is 1.80 bits per heavy atom. The van der Waals surface area contributed by atoms with E-state index in [4.69, 9.17) is 0 Å². The highest BCUT2D eigenvalue weighted by molar-refractivity contribution is 7.89. The first-order chi connectivity index (χ1) is 11.9. The van der Waals surface area contributed by atoms with E-state index in [1.807, 2.05) is 45.0 Å². The van der Waals surface area contributed by atoms with Crippen LogP contribution in [-0.4, -0.2) is 19.0 Å². The van der Waals surface area contributed by atoms with E-state index in [1.165, 1.54) is 0 Å². The molecule has 1 aliphatic rings. The van der Waals surface area contributed by atoms with Crippen LogP contribution in [-0.2, 0) is 16.6 Å². The number of hydrogen-bond donors (Lipinski definition) is 0. The van der Waals surface area contributed by atoms with Crippen molar-refractivity contribution in [3.05, 3.63) is 65.2 Å². The Hall–Kier alpha value is -1.72. The fraction of sp³-hybridized carbons (Fsp3) is 0.400. The Morgan fingerprint density at radius 1 is 1.16 bits per heavy atom. The monoisotopic (exact) mass is 361 g/mol. The van der Waals surface area contributed by atoms with E-state index in [9.17, 15) is 8.42 Å². The number of halogens is 1. The van der Waals surface area contributed by atoms with Gasteiger partial charge in [0, 0.05) is 12.5 Å². The van der Waals surface area contributed by atoms with Crippen molar-refractivity contribution in [2.45, 2.75) is 50.8 Å². The van der Waals surface area contributed by atoms with Crippen molar-refractivity contribution in [1.29, 1.82) is 0 Å². The molecule has 2 aromatic rings. The number of rotatable bonds is 4. The first kappa shape index (κ1) is 18.1. The van der Waals surface area contributed by atoms with Gasteiger partial charge in [0.15, 0.2) is 6.30 Å². The lowest BCUT2D eigenvalue weighted by atomic mass is 9.80. The zero-order valence-corrected chi connectivity index (χ0v) is 15.6. The van der Waals surface area contributed by atoms with Crippen molar-refractivity contribution in [2.24, 2.45) is 5.92 Å². The highest BCUT2D eigenvalue weighted by Gasteiger charge is 2.43. The van der Waals surface area contributed by atoms with E-state index in [-0.39, 0.29) is 17.4 Å². The van der Waals surface area contributed by atoms with Gasteiger partial charge in [0.1, 0.15) is 0 Å². The van der Waals surface area contributed by atoms with E-state index in [1.54, 1.807) is 24.3 Å². The van der Waals surface area contributed by atoms with Gasteiger partial charge in [-0.15, -0.1) is 0 Å². The van der Waals surface area contributed by atoms with Gasteiger partial charge in [-0.25, -0.2) is 12.8 Å². The molecule has 0 saturated heterocycles. The predicted octanol–water partition coefficient (Wildman–Crippen LogP) is 4.62. The van der Waals surface area contributed by atoms with Gasteiger partial charge >= 0.3 is 0 Å². The molecule has 3 unspecified atom stereocenters. The summed E-state index contributed by atoms with van der Waals surface area (Å²) in [6, 6.07) is 14.2. The van der Waals surface area contributed by atoms with Gasteiger partial charge in [-0.05, 0) is 36.1 Å². The van der Waals surface area contributed by atoms with E-state index < -0.39 is 22.2 Å². The smallest absolute Gasteiger partial charge is 0.228 e. The normalized spacial score (nSPS) is 22.4. The number of nitrogens with zero attached hydrogens (tertiary/aromatic N) is 1. The summed E-state index contributed by atoms with van der Waals surface area (Å²) in [5, 5.41) is 0. The number of aryl methyl sites for hydroxylation is 1. The summed E-state index contributed by atoms with van der Waals surface area (Å²) < 4.78 is 42.6. The van der Waals surface area contributed by atoms with Crippen molar-refractivity contribution in [2.75, 3.05) is 0 Å². The lowest BCUT2D eigenvalue weighted by Crippen LogP contribution is -2.45. The van der Waals surface area contributed by atoms with E-state index in [2.05, 4.69) is 0 Å². The molecule has 3 rings (SSSR count). The van der Waals surface area contributed by atoms with E-state index in [0.717, 1.165) is 27.4 Å². The molecule has 0 aliphatic carbocycles. The molecule has 5 heteroatoms. The molecule has 0 radical (unpaired) electrons. The Morgan fingerprint density at radius 3 is 2.44 bits per heavy atom. The third kappa shape index (κ3) is 3.23. The SMILES string of the molecule is CCC(C)C1c2ccccc2CN(S(=O)(=O)c2ccc(C)cc2)C1F. The van der Waals surface area contributed by atoms with Crippen LogP contribution >= 0.6 is 0 Å². The Balaban J connectivity index is 2.07. The molecule has 3 atom stereocenters. The molecule has 0 bridgehead atoms. The largest absolute Gasteiger partial charge is 0.245 e. The first-order valence-electron chi connectivity index (χ1n) is 8.66. The van der Waals surface area contributed by atoms with Crippen molar-refractivity contribution in [3.8, 4) is 0 Å². The van der Waals surface area contributed by atoms with Crippen LogP contribution in [0.3, 0.4) is 0 Å². The topological polar surface area (TPSA) is 37.4 Å². The Bertz CT molecular complexity index is 848. The number of sulfonamides is 1. The maximum Gasteiger partial charge on any atom is 0.245 e. The van der Waals surface area contributed by atoms with Crippen LogP contribution in [0.1, 0.15) is 42.9 Å². The quantitative estimate of drug-likeness (QED) is 0.745. The average Bonchev–Trinajstić information content (AvgIpc) is 2.61. The summed E-state index contributed by atoms with van der Waals surface area (Å²) in [6.45, 7) is 5.95. The number of alkyl halides is 1. The molecule has 0 amide bonds. The lowest BCUT2D eigenvalue weighted by molar-refractivity contribution is 0.0886. The second-order valence-electron chi connectivity index (χ2n) is 6.85. The van der Waals surface area contributed by atoms with Crippen LogP contribution in [0.4, 0.5) is 4.39 Å². The third-order valence-electron chi connectivity index (χ3n) is 5.20. The minimum atomic E-state index is -3.89. The summed E-state index contributed by atoms with van der Waals surface area (Å²) in [5.41, 5.74) is 2.79. The van der Waals surface area contributed by atoms with Gasteiger partial charge in [0.25, 0.3) is 0 Å². The van der Waals surface area contributed by atoms with Crippen LogP contribution in [0, 0.1) is 12.8 Å². The molecule has 0 N–H and O–H groups in total. The zero-order chi connectivity index (χ0) is 18.2. The molecule has 1 aliphatic heterocycles. The summed E-state index contributed by atoms with van der Waals surface area (Å²) in [6.07, 6.45) is -0.770. The van der Waals surface area contributed by atoms with Gasteiger partial charge in [-0.2, -0.15) is 4.31 Å². The molecule has 3 nitrogen and oxygen atoms in total. The molecule has 1 heterocycles. The highest BCUT2D eigenvalue weighted by Crippen LogP contribution is 2.42. The van der Waals surface area contributed by atoms with Crippen LogP contribution < -0.4 is 0 Å². The highest BCUT2D eigenvalue weighted by atomic mass is 32.2. The van der Waals surface area contributed by atoms with E-state index in [0.29, 0.717) is 0 Å². The van der Waals surface area contributed by atoms with Crippen LogP contribution in [0.2, 0.25) is 0 Å². The van der Waals surface area contributed by atoms with Crippen molar-refractivity contribution < 1.29 is 12.8 Å². The Labute approximate surface area is 149 Å². The first-order valence-corrected chi connectivity index (χ1v) is 10.1. The van der Waals surface area contributed by atoms with Crippen LogP contribution in [0.25, 0.3) is 0 Å². The summed E-state index contributed by atoms with van der Waals surface area (Å²) in [7, 11) is -3.89. The fourth-order valence-corrected chi connectivity index (χ4v) is 4.94. The summed E-state index contributed by atoms with van der Waals surface area (Å²) >= 11 is 0. The molecule has 2 aromatic carbocycles. The maximum atomic E-state index is 15.4. The molecule has 134 valence electrons. The average molecular weight is 361 g/mol. The van der Waals surface area contributed by atoms with E-state index >= 15 is 4.39 Å². The van der Waals surface area contributed by atoms with Crippen molar-refractivity contribution in [1.82, 2.24) is 4.31 Å². The molecule has 0 fully saturated rings. The second kappa shape index (κ2) is 6.89. The minimum Gasteiger partial charge on any atom is -0.228 e. The zero-order valence-electron chi connectivity index (χ0n) is 14.8. The standard InChI is InChI=1S/C20H24FNO2S/c1-4-15(3)19-18-8-6-5-7-16(18)13-22(20(19)21)25(23,24)17-11-9-14(2)10-12-17/h5-12,15,19-20H,4,13H2,1-3H3. The van der Waals surface area contributed by atoms with Gasteiger partial charge < -0.3 is 0 Å². The van der Waals surface area contributed by atoms with Gasteiger partial charge in [0.05, 0.1) is 4.90 Å². The van der Waals surface area contributed by atoms with Gasteiger partial charge in [0.2, 0.25) is 10.0 Å². The molecule has 0 saturated carbocycles. The maximum absolute atomic E-state index is 15.4. The van der Waals surface area contributed by atoms with Crippen molar-refractivity contribution >= 4 is 10.0 Å². The molecule has 0 spiro atoms. The van der Waals surface area contributed by atoms with Crippen LogP contribution in [0.15, 0.2) is 53.4 Å². The molecule has 0 aromatic heterocycles. The second-order valence-corrected chi connectivity index (χ2v) is 8.74. The van der Waals surface area contributed by atoms with Crippen molar-refractivity contribution in [3.63, 3.8) is 0 Å². The molecular formula is C20H24FNO2S. The lowest BCUT2D eigenvalue weighted by Gasteiger charge is -2.39. The summed E-state index contributed by atoms with van der Waals surface area (Å²) in [5.74, 6) is -0.401. The number of fused-ring (bicyclic) bond motifs is 1. The summed E-state index contributed by atoms with van der Waals surface area (Å²) in [4.78, 5) is 0.142. The van der Waals surface area contributed by atoms with Gasteiger partial charge in [-0.3, -0.25) is 0 Å². The Kier molecular flexibility index (Phi) is 4.98. The molecular weight excluding hydrogens is 337 g/mol. The predicted molar refractivity (Wildman–Crippen MR) is 97.4 cm³/mol. The van der Waals surface area contributed by atoms with Crippen LogP contribution in [0.5, 0.6) is 0 Å². The molecule has 25 heavy (non-hydrogen) atoms. The number of benzene rings is 2.